The van der Waals surface area contributed by atoms with Crippen LogP contribution in [-0.4, -0.2) is 17.7 Å². The first kappa shape index (κ1) is 6.43. The van der Waals surface area contributed by atoms with Crippen LogP contribution >= 0.6 is 11.8 Å². The maximum absolute atomic E-state index is 3.42. The van der Waals surface area contributed by atoms with E-state index in [1.54, 1.807) is 0 Å². The number of hydrogen-bond donors (Lipinski definition) is 1. The van der Waals surface area contributed by atoms with Gasteiger partial charge in [0.1, 0.15) is 0 Å². The lowest BCUT2D eigenvalue weighted by atomic mass is 10.3. The molecule has 1 unspecified atom stereocenters. The average molecular weight is 131 g/mol. The molecule has 0 radical (unpaired) electrons. The van der Waals surface area contributed by atoms with E-state index in [4.69, 9.17) is 0 Å². The third-order valence-electron chi connectivity index (χ3n) is 1.34. The summed E-state index contributed by atoms with van der Waals surface area (Å²) in [7, 11) is 0. The SMILES string of the molecule is CCCC1NCCS1. The first-order valence-corrected chi connectivity index (χ1v) is 4.33. The molecule has 0 spiro atoms. The summed E-state index contributed by atoms with van der Waals surface area (Å²) in [6.07, 6.45) is 2.65. The van der Waals surface area contributed by atoms with Crippen LogP contribution in [0.2, 0.25) is 0 Å². The van der Waals surface area contributed by atoms with Crippen molar-refractivity contribution in [2.45, 2.75) is 25.1 Å². The van der Waals surface area contributed by atoms with Crippen LogP contribution < -0.4 is 5.32 Å². The maximum Gasteiger partial charge on any atom is 0.0532 e. The molecule has 0 aromatic rings. The van der Waals surface area contributed by atoms with Crippen LogP contribution in [0.3, 0.4) is 0 Å². The van der Waals surface area contributed by atoms with E-state index < -0.39 is 0 Å². The maximum atomic E-state index is 3.42. The zero-order valence-electron chi connectivity index (χ0n) is 5.31. The van der Waals surface area contributed by atoms with E-state index in [1.807, 2.05) is 0 Å². The molecule has 1 saturated heterocycles. The Morgan fingerprint density at radius 3 is 3.12 bits per heavy atom. The summed E-state index contributed by atoms with van der Waals surface area (Å²) >= 11 is 2.06. The van der Waals surface area contributed by atoms with E-state index in [2.05, 4.69) is 24.0 Å². The summed E-state index contributed by atoms with van der Waals surface area (Å²) in [5.74, 6) is 1.31. The number of thioether (sulfide) groups is 1. The molecule has 8 heavy (non-hydrogen) atoms. The standard InChI is InChI=1S/C6H13NS/c1-2-3-6-7-4-5-8-6/h6-7H,2-5H2,1H3. The van der Waals surface area contributed by atoms with Crippen molar-refractivity contribution in [1.29, 1.82) is 0 Å². The van der Waals surface area contributed by atoms with Gasteiger partial charge in [-0.25, -0.2) is 0 Å². The van der Waals surface area contributed by atoms with Crippen molar-refractivity contribution in [3.63, 3.8) is 0 Å². The Bertz CT molecular complexity index is 59.5. The fraction of sp³-hybridized carbons (Fsp3) is 1.00. The van der Waals surface area contributed by atoms with Crippen molar-refractivity contribution in [1.82, 2.24) is 5.32 Å². The Balaban J connectivity index is 2.06. The highest BCUT2D eigenvalue weighted by Gasteiger charge is 2.11. The molecule has 0 saturated carbocycles. The highest BCUT2D eigenvalue weighted by atomic mass is 32.2. The Hall–Kier alpha value is 0.310. The van der Waals surface area contributed by atoms with Gasteiger partial charge in [0.15, 0.2) is 0 Å². The van der Waals surface area contributed by atoms with Crippen molar-refractivity contribution >= 4 is 11.8 Å². The molecule has 1 rings (SSSR count). The molecule has 0 aromatic carbocycles. The van der Waals surface area contributed by atoms with Crippen LogP contribution in [0.4, 0.5) is 0 Å². The fourth-order valence-electron chi connectivity index (χ4n) is 0.928. The Labute approximate surface area is 55.2 Å². The first-order chi connectivity index (χ1) is 3.93. The minimum Gasteiger partial charge on any atom is -0.305 e. The lowest BCUT2D eigenvalue weighted by Gasteiger charge is -2.04. The van der Waals surface area contributed by atoms with Crippen LogP contribution in [-0.2, 0) is 0 Å². The van der Waals surface area contributed by atoms with Gasteiger partial charge in [0.05, 0.1) is 5.37 Å². The second kappa shape index (κ2) is 3.36. The largest absolute Gasteiger partial charge is 0.305 e. The Morgan fingerprint density at radius 1 is 1.75 bits per heavy atom. The van der Waals surface area contributed by atoms with Gasteiger partial charge < -0.3 is 5.32 Å². The Morgan fingerprint density at radius 2 is 2.62 bits per heavy atom. The minimum absolute atomic E-state index is 0.778. The second-order valence-corrected chi connectivity index (χ2v) is 3.41. The number of nitrogens with one attached hydrogen (secondary N) is 1. The van der Waals surface area contributed by atoms with Crippen LogP contribution in [0.15, 0.2) is 0 Å². The zero-order chi connectivity index (χ0) is 5.82. The highest BCUT2D eigenvalue weighted by Crippen LogP contribution is 2.17. The van der Waals surface area contributed by atoms with E-state index in [0.717, 1.165) is 5.37 Å². The average Bonchev–Trinajstić information content (AvgIpc) is 2.19. The van der Waals surface area contributed by atoms with Crippen molar-refractivity contribution in [3.8, 4) is 0 Å². The van der Waals surface area contributed by atoms with E-state index >= 15 is 0 Å². The predicted octanol–water partition coefficient (Wildman–Crippen LogP) is 1.45. The molecule has 0 aromatic heterocycles. The monoisotopic (exact) mass is 131 g/mol. The summed E-state index contributed by atoms with van der Waals surface area (Å²) < 4.78 is 0. The van der Waals surface area contributed by atoms with Gasteiger partial charge in [-0.05, 0) is 6.42 Å². The molecule has 48 valence electrons. The van der Waals surface area contributed by atoms with Crippen LogP contribution in [0.25, 0.3) is 0 Å². The van der Waals surface area contributed by atoms with Crippen LogP contribution in [0.1, 0.15) is 19.8 Å². The molecule has 1 heterocycles. The van der Waals surface area contributed by atoms with Gasteiger partial charge in [-0.1, -0.05) is 13.3 Å². The highest BCUT2D eigenvalue weighted by molar-refractivity contribution is 8.00. The van der Waals surface area contributed by atoms with Gasteiger partial charge in [0.25, 0.3) is 0 Å². The van der Waals surface area contributed by atoms with Crippen molar-refractivity contribution < 1.29 is 0 Å². The lowest BCUT2D eigenvalue weighted by molar-refractivity contribution is 0.649. The van der Waals surface area contributed by atoms with Crippen molar-refractivity contribution in [2.75, 3.05) is 12.3 Å². The van der Waals surface area contributed by atoms with Gasteiger partial charge in [-0.15, -0.1) is 11.8 Å². The molecular weight excluding hydrogens is 118 g/mol. The molecule has 0 bridgehead atoms. The summed E-state index contributed by atoms with van der Waals surface area (Å²) in [6.45, 7) is 3.45. The Kier molecular flexibility index (Phi) is 2.70. The van der Waals surface area contributed by atoms with E-state index in [0.29, 0.717) is 0 Å². The quantitative estimate of drug-likeness (QED) is 0.608. The third kappa shape index (κ3) is 1.67. The molecule has 1 N–H and O–H groups in total. The van der Waals surface area contributed by atoms with Gasteiger partial charge in [-0.3, -0.25) is 0 Å². The zero-order valence-corrected chi connectivity index (χ0v) is 6.13. The predicted molar refractivity (Wildman–Crippen MR) is 39.2 cm³/mol. The summed E-state index contributed by atoms with van der Waals surface area (Å²) in [5.41, 5.74) is 0. The summed E-state index contributed by atoms with van der Waals surface area (Å²) in [6, 6.07) is 0. The van der Waals surface area contributed by atoms with Crippen LogP contribution in [0.5, 0.6) is 0 Å². The van der Waals surface area contributed by atoms with Gasteiger partial charge in [0, 0.05) is 12.3 Å². The molecule has 1 aliphatic heterocycles. The smallest absolute Gasteiger partial charge is 0.0532 e. The molecule has 0 amide bonds. The number of hydrogen-bond acceptors (Lipinski definition) is 2. The second-order valence-electron chi connectivity index (χ2n) is 2.10. The molecule has 1 fully saturated rings. The molecular formula is C6H13NS. The van der Waals surface area contributed by atoms with Gasteiger partial charge >= 0.3 is 0 Å². The number of rotatable bonds is 2. The topological polar surface area (TPSA) is 12.0 Å². The van der Waals surface area contributed by atoms with E-state index in [9.17, 15) is 0 Å². The van der Waals surface area contributed by atoms with Gasteiger partial charge in [0.2, 0.25) is 0 Å². The summed E-state index contributed by atoms with van der Waals surface area (Å²) in [4.78, 5) is 0. The first-order valence-electron chi connectivity index (χ1n) is 3.28. The van der Waals surface area contributed by atoms with Crippen LogP contribution in [0, 0.1) is 0 Å². The summed E-state index contributed by atoms with van der Waals surface area (Å²) in [5, 5.41) is 4.20. The molecule has 1 atom stereocenters. The molecule has 1 nitrogen and oxygen atoms in total. The molecule has 2 heteroatoms. The normalized spacial score (nSPS) is 28.9. The van der Waals surface area contributed by atoms with Gasteiger partial charge in [-0.2, -0.15) is 0 Å². The fourth-order valence-corrected chi connectivity index (χ4v) is 2.09. The minimum atomic E-state index is 0.778. The van der Waals surface area contributed by atoms with E-state index in [1.165, 1.54) is 25.1 Å². The van der Waals surface area contributed by atoms with Crippen molar-refractivity contribution in [2.24, 2.45) is 0 Å². The molecule has 1 aliphatic rings. The lowest BCUT2D eigenvalue weighted by Crippen LogP contribution is -2.18. The van der Waals surface area contributed by atoms with Crippen molar-refractivity contribution in [3.05, 3.63) is 0 Å². The van der Waals surface area contributed by atoms with E-state index in [-0.39, 0.29) is 0 Å². The third-order valence-corrected chi connectivity index (χ3v) is 2.59. The molecule has 0 aliphatic carbocycles.